The van der Waals surface area contributed by atoms with Crippen LogP contribution in [0.25, 0.3) is 11.1 Å². The number of urea groups is 1. The Balaban J connectivity index is 1.39. The van der Waals surface area contributed by atoms with Crippen LogP contribution in [0, 0.1) is 5.82 Å². The Bertz CT molecular complexity index is 867. The van der Waals surface area contributed by atoms with E-state index in [1.54, 1.807) is 23.1 Å². The number of amides is 2. The average Bonchev–Trinajstić information content (AvgIpc) is 3.08. The number of hydrogen-bond acceptors (Lipinski definition) is 3. The second kappa shape index (κ2) is 6.55. The zero-order valence-corrected chi connectivity index (χ0v) is 13.6. The van der Waals surface area contributed by atoms with E-state index in [1.807, 2.05) is 24.3 Å². The van der Waals surface area contributed by atoms with E-state index in [-0.39, 0.29) is 17.6 Å². The van der Waals surface area contributed by atoms with Crippen LogP contribution in [0.15, 0.2) is 52.9 Å². The standard InChI is InChI=1S/C19H18FN3O2/c20-14-5-1-2-6-15(14)22-19(24)23-11-9-13(10-12-23)18-21-16-7-3-4-8-17(16)25-18/h1-8,13H,9-12H2,(H,22,24). The molecule has 2 aromatic carbocycles. The predicted molar refractivity (Wildman–Crippen MR) is 93.0 cm³/mol. The molecule has 6 heteroatoms. The minimum atomic E-state index is -0.433. The molecule has 1 saturated heterocycles. The maximum absolute atomic E-state index is 13.6. The molecule has 1 aliphatic heterocycles. The van der Waals surface area contributed by atoms with Crippen molar-refractivity contribution < 1.29 is 13.6 Å². The number of oxazole rings is 1. The molecule has 2 heterocycles. The number of likely N-dealkylation sites (tertiary alicyclic amines) is 1. The maximum atomic E-state index is 13.6. The number of aromatic nitrogens is 1. The summed E-state index contributed by atoms with van der Waals surface area (Å²) >= 11 is 0. The molecule has 1 aromatic heterocycles. The summed E-state index contributed by atoms with van der Waals surface area (Å²) in [5, 5.41) is 2.63. The minimum Gasteiger partial charge on any atom is -0.440 e. The second-order valence-corrected chi connectivity index (χ2v) is 6.19. The Kier molecular flexibility index (Phi) is 4.09. The molecule has 0 aliphatic carbocycles. The van der Waals surface area contributed by atoms with Gasteiger partial charge in [0.2, 0.25) is 0 Å². The topological polar surface area (TPSA) is 58.4 Å². The predicted octanol–water partition coefficient (Wildman–Crippen LogP) is 4.38. The molecule has 0 bridgehead atoms. The number of carbonyl (C=O) groups is 1. The molecule has 0 unspecified atom stereocenters. The van der Waals surface area contributed by atoms with Crippen LogP contribution in [0.1, 0.15) is 24.7 Å². The van der Waals surface area contributed by atoms with Crippen LogP contribution in [0.5, 0.6) is 0 Å². The summed E-state index contributed by atoms with van der Waals surface area (Å²) in [5.74, 6) is 0.498. The third kappa shape index (κ3) is 3.20. The van der Waals surface area contributed by atoms with Gasteiger partial charge in [0, 0.05) is 19.0 Å². The number of piperidine rings is 1. The zero-order valence-electron chi connectivity index (χ0n) is 13.6. The van der Waals surface area contributed by atoms with Crippen molar-refractivity contribution in [1.82, 2.24) is 9.88 Å². The average molecular weight is 339 g/mol. The van der Waals surface area contributed by atoms with Gasteiger partial charge in [0.1, 0.15) is 11.3 Å². The van der Waals surface area contributed by atoms with Gasteiger partial charge in [-0.25, -0.2) is 14.2 Å². The largest absolute Gasteiger partial charge is 0.440 e. The molecule has 2 amide bonds. The van der Waals surface area contributed by atoms with Crippen LogP contribution < -0.4 is 5.32 Å². The van der Waals surface area contributed by atoms with Crippen LogP contribution in [0.2, 0.25) is 0 Å². The fourth-order valence-corrected chi connectivity index (χ4v) is 3.15. The lowest BCUT2D eigenvalue weighted by molar-refractivity contribution is 0.190. The molecule has 1 aliphatic rings. The van der Waals surface area contributed by atoms with Crippen LogP contribution in [-0.4, -0.2) is 29.0 Å². The van der Waals surface area contributed by atoms with Crippen molar-refractivity contribution in [2.24, 2.45) is 0 Å². The molecule has 5 nitrogen and oxygen atoms in total. The Morgan fingerprint density at radius 3 is 2.60 bits per heavy atom. The summed E-state index contributed by atoms with van der Waals surface area (Å²) in [7, 11) is 0. The van der Waals surface area contributed by atoms with Gasteiger partial charge in [-0.3, -0.25) is 0 Å². The highest BCUT2D eigenvalue weighted by Gasteiger charge is 2.27. The van der Waals surface area contributed by atoms with Crippen LogP contribution in [0.4, 0.5) is 14.9 Å². The van der Waals surface area contributed by atoms with Gasteiger partial charge in [-0.05, 0) is 37.1 Å². The summed E-state index contributed by atoms with van der Waals surface area (Å²) in [5.41, 5.74) is 1.85. The van der Waals surface area contributed by atoms with Crippen molar-refractivity contribution in [3.63, 3.8) is 0 Å². The number of rotatable bonds is 2. The number of hydrogen-bond donors (Lipinski definition) is 1. The normalized spacial score (nSPS) is 15.5. The highest BCUT2D eigenvalue weighted by atomic mass is 19.1. The molecule has 0 spiro atoms. The van der Waals surface area contributed by atoms with Crippen molar-refractivity contribution in [3.05, 3.63) is 60.2 Å². The summed E-state index contributed by atoms with van der Waals surface area (Å²) in [4.78, 5) is 18.6. The molecule has 128 valence electrons. The second-order valence-electron chi connectivity index (χ2n) is 6.19. The lowest BCUT2D eigenvalue weighted by Gasteiger charge is -2.30. The SMILES string of the molecule is O=C(Nc1ccccc1F)N1CCC(c2nc3ccccc3o2)CC1. The number of nitrogens with one attached hydrogen (secondary N) is 1. The molecule has 25 heavy (non-hydrogen) atoms. The summed E-state index contributed by atoms with van der Waals surface area (Å²) in [6.07, 6.45) is 1.55. The number of benzene rings is 2. The van der Waals surface area contributed by atoms with E-state index in [9.17, 15) is 9.18 Å². The van der Waals surface area contributed by atoms with E-state index >= 15 is 0 Å². The zero-order chi connectivity index (χ0) is 17.2. The fourth-order valence-electron chi connectivity index (χ4n) is 3.15. The van der Waals surface area contributed by atoms with Crippen molar-refractivity contribution in [1.29, 1.82) is 0 Å². The molecular formula is C19H18FN3O2. The van der Waals surface area contributed by atoms with Gasteiger partial charge in [-0.15, -0.1) is 0 Å². The molecular weight excluding hydrogens is 321 g/mol. The van der Waals surface area contributed by atoms with E-state index in [1.165, 1.54) is 6.07 Å². The number of fused-ring (bicyclic) bond motifs is 1. The smallest absolute Gasteiger partial charge is 0.321 e. The molecule has 1 fully saturated rings. The quantitative estimate of drug-likeness (QED) is 0.754. The van der Waals surface area contributed by atoms with Gasteiger partial charge >= 0.3 is 6.03 Å². The highest BCUT2D eigenvalue weighted by molar-refractivity contribution is 5.89. The molecule has 0 atom stereocenters. The molecule has 4 rings (SSSR count). The van der Waals surface area contributed by atoms with Gasteiger partial charge in [-0.2, -0.15) is 0 Å². The van der Waals surface area contributed by atoms with Crippen LogP contribution >= 0.6 is 0 Å². The summed E-state index contributed by atoms with van der Waals surface area (Å²) < 4.78 is 19.5. The van der Waals surface area contributed by atoms with E-state index in [0.717, 1.165) is 29.8 Å². The highest BCUT2D eigenvalue weighted by Crippen LogP contribution is 2.30. The number of carbonyl (C=O) groups excluding carboxylic acids is 1. The van der Waals surface area contributed by atoms with Crippen molar-refractivity contribution in [3.8, 4) is 0 Å². The molecule has 3 aromatic rings. The van der Waals surface area contributed by atoms with Crippen molar-refractivity contribution in [2.75, 3.05) is 18.4 Å². The summed E-state index contributed by atoms with van der Waals surface area (Å²) in [6, 6.07) is 13.6. The Morgan fingerprint density at radius 2 is 1.84 bits per heavy atom. The van der Waals surface area contributed by atoms with Crippen LogP contribution in [0.3, 0.4) is 0 Å². The third-order valence-corrected chi connectivity index (χ3v) is 4.56. The van der Waals surface area contributed by atoms with Crippen molar-refractivity contribution in [2.45, 2.75) is 18.8 Å². The van der Waals surface area contributed by atoms with Gasteiger partial charge in [0.05, 0.1) is 5.69 Å². The Labute approximate surface area is 144 Å². The fraction of sp³-hybridized carbons (Fsp3) is 0.263. The third-order valence-electron chi connectivity index (χ3n) is 4.56. The van der Waals surface area contributed by atoms with Crippen LogP contribution in [-0.2, 0) is 0 Å². The first-order valence-corrected chi connectivity index (χ1v) is 8.36. The lowest BCUT2D eigenvalue weighted by Crippen LogP contribution is -2.40. The minimum absolute atomic E-state index is 0.199. The Morgan fingerprint density at radius 1 is 1.12 bits per heavy atom. The van der Waals surface area contributed by atoms with Gasteiger partial charge in [0.15, 0.2) is 11.5 Å². The first-order chi connectivity index (χ1) is 12.2. The van der Waals surface area contributed by atoms with E-state index in [4.69, 9.17) is 4.42 Å². The number of para-hydroxylation sites is 3. The first kappa shape index (κ1) is 15.6. The Hall–Kier alpha value is -2.89. The number of nitrogens with zero attached hydrogens (tertiary/aromatic N) is 2. The van der Waals surface area contributed by atoms with Gasteiger partial charge in [-0.1, -0.05) is 24.3 Å². The number of halogens is 1. The van der Waals surface area contributed by atoms with Gasteiger partial charge < -0.3 is 14.6 Å². The van der Waals surface area contributed by atoms with Gasteiger partial charge in [0.25, 0.3) is 0 Å². The van der Waals surface area contributed by atoms with Crippen molar-refractivity contribution >= 4 is 22.8 Å². The first-order valence-electron chi connectivity index (χ1n) is 8.36. The summed E-state index contributed by atoms with van der Waals surface area (Å²) in [6.45, 7) is 1.17. The molecule has 0 saturated carbocycles. The molecule has 0 radical (unpaired) electrons. The number of anilines is 1. The van der Waals surface area contributed by atoms with E-state index in [2.05, 4.69) is 10.3 Å². The van der Waals surface area contributed by atoms with E-state index < -0.39 is 5.82 Å². The lowest BCUT2D eigenvalue weighted by atomic mass is 9.97. The molecule has 1 N–H and O–H groups in total. The maximum Gasteiger partial charge on any atom is 0.321 e. The van der Waals surface area contributed by atoms with E-state index in [0.29, 0.717) is 13.1 Å². The monoisotopic (exact) mass is 339 g/mol.